The lowest BCUT2D eigenvalue weighted by atomic mass is 9.80. The highest BCUT2D eigenvalue weighted by Gasteiger charge is 2.38. The summed E-state index contributed by atoms with van der Waals surface area (Å²) in [4.78, 5) is 22.1. The van der Waals surface area contributed by atoms with E-state index in [0.717, 1.165) is 58.3 Å². The fourth-order valence-electron chi connectivity index (χ4n) is 5.40. The summed E-state index contributed by atoms with van der Waals surface area (Å²) in [6, 6.07) is 8.41. The molecule has 1 amide bonds. The summed E-state index contributed by atoms with van der Waals surface area (Å²) in [5.41, 5.74) is 2.78. The number of hydrogen-bond acceptors (Lipinski definition) is 4. The summed E-state index contributed by atoms with van der Waals surface area (Å²) in [5.74, 6) is 0.841. The molecule has 2 fully saturated rings. The Hall–Kier alpha value is -1.39. The van der Waals surface area contributed by atoms with E-state index in [-0.39, 0.29) is 42.0 Å². The molecule has 8 heteroatoms. The Kier molecular flexibility index (Phi) is 10.2. The zero-order chi connectivity index (χ0) is 22.2. The number of carbonyl (C=O) groups is 1. The Morgan fingerprint density at radius 1 is 1.06 bits per heavy atom. The molecule has 2 aliphatic heterocycles. The summed E-state index contributed by atoms with van der Waals surface area (Å²) in [6.07, 6.45) is 7.24. The highest BCUT2D eigenvalue weighted by molar-refractivity contribution is 14.0. The minimum atomic E-state index is 0. The normalized spacial score (nSPS) is 21.0. The molecule has 2 heterocycles. The van der Waals surface area contributed by atoms with Gasteiger partial charge >= 0.3 is 0 Å². The van der Waals surface area contributed by atoms with Crippen LogP contribution in [0, 0.1) is 0 Å². The molecule has 2 N–H and O–H groups in total. The number of nitrogens with zero attached hydrogens (tertiary/aromatic N) is 3. The number of ether oxygens (including phenoxy) is 1. The quantitative estimate of drug-likeness (QED) is 0.314. The third kappa shape index (κ3) is 6.82. The van der Waals surface area contributed by atoms with Gasteiger partial charge in [0.25, 0.3) is 0 Å². The molecule has 0 atom stereocenters. The van der Waals surface area contributed by atoms with E-state index in [9.17, 15) is 4.79 Å². The molecule has 1 aromatic carbocycles. The van der Waals surface area contributed by atoms with Crippen LogP contribution in [0.4, 0.5) is 0 Å². The minimum Gasteiger partial charge on any atom is -0.379 e. The average Bonchev–Trinajstić information content (AvgIpc) is 2.86. The minimum absolute atomic E-state index is 0. The summed E-state index contributed by atoms with van der Waals surface area (Å²) >= 11 is 0. The van der Waals surface area contributed by atoms with Gasteiger partial charge in [-0.3, -0.25) is 9.69 Å². The van der Waals surface area contributed by atoms with Gasteiger partial charge in [0.05, 0.1) is 13.2 Å². The molecular weight excluding hydrogens is 529 g/mol. The number of rotatable bonds is 6. The summed E-state index contributed by atoms with van der Waals surface area (Å²) < 4.78 is 5.60. The number of benzene rings is 1. The Morgan fingerprint density at radius 2 is 1.79 bits per heavy atom. The number of guanidine groups is 1. The van der Waals surface area contributed by atoms with E-state index >= 15 is 0 Å². The zero-order valence-corrected chi connectivity index (χ0v) is 22.3. The fraction of sp³-hybridized carbons (Fsp3) is 0.680. The lowest BCUT2D eigenvalue weighted by molar-refractivity contribution is -0.130. The van der Waals surface area contributed by atoms with Crippen molar-refractivity contribution in [3.63, 3.8) is 0 Å². The maximum atomic E-state index is 12.9. The Bertz CT molecular complexity index is 791. The van der Waals surface area contributed by atoms with Crippen LogP contribution in [-0.2, 0) is 22.5 Å². The van der Waals surface area contributed by atoms with Gasteiger partial charge in [-0.05, 0) is 37.3 Å². The van der Waals surface area contributed by atoms with Crippen molar-refractivity contribution in [1.82, 2.24) is 20.4 Å². The first-order valence-corrected chi connectivity index (χ1v) is 12.4. The van der Waals surface area contributed by atoms with Crippen LogP contribution < -0.4 is 10.6 Å². The number of aliphatic imine (C=N–C) groups is 1. The molecule has 4 rings (SSSR count). The van der Waals surface area contributed by atoms with Gasteiger partial charge in [-0.1, -0.05) is 43.5 Å². The number of nitrogens with one attached hydrogen (secondary N) is 2. The number of hydrogen-bond donors (Lipinski definition) is 2. The second-order valence-electron chi connectivity index (χ2n) is 9.27. The van der Waals surface area contributed by atoms with E-state index in [0.29, 0.717) is 6.54 Å². The van der Waals surface area contributed by atoms with Crippen LogP contribution in [0.15, 0.2) is 29.3 Å². The van der Waals surface area contributed by atoms with E-state index in [2.05, 4.69) is 45.6 Å². The molecule has 0 unspecified atom stereocenters. The standard InChI is InChI=1S/C25H39N5O2.HI/c1-2-26-24(27-18-23(31)29-13-10-21-8-4-5-9-22(21)19-29)28-20-25(11-6-3-7-12-25)30-14-16-32-17-15-30;/h4-5,8-9H,2-3,6-7,10-20H2,1H3,(H2,26,27,28);1H. The lowest BCUT2D eigenvalue weighted by Gasteiger charge is -2.48. The monoisotopic (exact) mass is 569 g/mol. The number of carbonyl (C=O) groups excluding carboxylic acids is 1. The van der Waals surface area contributed by atoms with Crippen LogP contribution in [0.25, 0.3) is 0 Å². The van der Waals surface area contributed by atoms with Crippen molar-refractivity contribution in [2.24, 2.45) is 4.99 Å². The molecule has 0 spiro atoms. The number of fused-ring (bicyclic) bond motifs is 1. The second kappa shape index (κ2) is 12.9. The van der Waals surface area contributed by atoms with Gasteiger partial charge in [0.15, 0.2) is 5.96 Å². The highest BCUT2D eigenvalue weighted by atomic mass is 127. The van der Waals surface area contributed by atoms with Crippen LogP contribution >= 0.6 is 24.0 Å². The fourth-order valence-corrected chi connectivity index (χ4v) is 5.40. The number of morpholine rings is 1. The predicted molar refractivity (Wildman–Crippen MR) is 143 cm³/mol. The molecule has 3 aliphatic rings. The lowest BCUT2D eigenvalue weighted by Crippen LogP contribution is -2.60. The van der Waals surface area contributed by atoms with Gasteiger partial charge < -0.3 is 20.3 Å². The van der Waals surface area contributed by atoms with Crippen LogP contribution in [0.2, 0.25) is 0 Å². The molecule has 1 aliphatic carbocycles. The van der Waals surface area contributed by atoms with E-state index in [1.165, 1.54) is 43.2 Å². The maximum absolute atomic E-state index is 12.9. The van der Waals surface area contributed by atoms with Crippen LogP contribution in [0.3, 0.4) is 0 Å². The van der Waals surface area contributed by atoms with Gasteiger partial charge in [0.1, 0.15) is 6.54 Å². The van der Waals surface area contributed by atoms with Crippen LogP contribution in [0.5, 0.6) is 0 Å². The van der Waals surface area contributed by atoms with Gasteiger partial charge in [0.2, 0.25) is 5.91 Å². The van der Waals surface area contributed by atoms with E-state index < -0.39 is 0 Å². The van der Waals surface area contributed by atoms with Crippen molar-refractivity contribution >= 4 is 35.8 Å². The van der Waals surface area contributed by atoms with Crippen molar-refractivity contribution in [2.45, 2.75) is 57.5 Å². The summed E-state index contributed by atoms with van der Waals surface area (Å²) in [7, 11) is 0. The van der Waals surface area contributed by atoms with Gasteiger partial charge in [-0.15, -0.1) is 24.0 Å². The smallest absolute Gasteiger partial charge is 0.244 e. The van der Waals surface area contributed by atoms with E-state index in [1.807, 2.05) is 11.0 Å². The van der Waals surface area contributed by atoms with Crippen molar-refractivity contribution in [3.8, 4) is 0 Å². The third-order valence-electron chi connectivity index (χ3n) is 7.25. The maximum Gasteiger partial charge on any atom is 0.244 e. The molecule has 1 saturated heterocycles. The summed E-state index contributed by atoms with van der Waals surface area (Å²) in [6.45, 7) is 9.01. The molecule has 7 nitrogen and oxygen atoms in total. The second-order valence-corrected chi connectivity index (χ2v) is 9.27. The third-order valence-corrected chi connectivity index (χ3v) is 7.25. The topological polar surface area (TPSA) is 69.2 Å². The Labute approximate surface area is 215 Å². The van der Waals surface area contributed by atoms with Crippen LogP contribution in [0.1, 0.15) is 50.2 Å². The van der Waals surface area contributed by atoms with Crippen molar-refractivity contribution in [3.05, 3.63) is 35.4 Å². The average molecular weight is 570 g/mol. The van der Waals surface area contributed by atoms with Crippen molar-refractivity contribution in [1.29, 1.82) is 0 Å². The molecular formula is C25H40IN5O2. The van der Waals surface area contributed by atoms with Gasteiger partial charge in [-0.25, -0.2) is 4.99 Å². The molecule has 1 aromatic rings. The molecule has 33 heavy (non-hydrogen) atoms. The zero-order valence-electron chi connectivity index (χ0n) is 20.0. The first-order chi connectivity index (χ1) is 15.7. The first-order valence-electron chi connectivity index (χ1n) is 12.4. The largest absolute Gasteiger partial charge is 0.379 e. The molecule has 0 aromatic heterocycles. The molecule has 0 bridgehead atoms. The first kappa shape index (κ1) is 26.2. The SMILES string of the molecule is CCNC(=NCC(=O)N1CCc2ccccc2C1)NCC1(N2CCOCC2)CCCCC1.I. The van der Waals surface area contributed by atoms with Gasteiger partial charge in [0, 0.05) is 44.8 Å². The van der Waals surface area contributed by atoms with Crippen LogP contribution in [-0.4, -0.2) is 79.7 Å². The predicted octanol–water partition coefficient (Wildman–Crippen LogP) is 2.78. The molecule has 0 radical (unpaired) electrons. The number of halogens is 1. The Balaban J connectivity index is 0.00000306. The highest BCUT2D eigenvalue weighted by Crippen LogP contribution is 2.33. The van der Waals surface area contributed by atoms with Crippen molar-refractivity contribution < 1.29 is 9.53 Å². The van der Waals surface area contributed by atoms with E-state index in [1.54, 1.807) is 0 Å². The van der Waals surface area contributed by atoms with Crippen molar-refractivity contribution in [2.75, 3.05) is 52.5 Å². The molecule has 184 valence electrons. The summed E-state index contributed by atoms with van der Waals surface area (Å²) in [5, 5.41) is 6.93. The van der Waals surface area contributed by atoms with Gasteiger partial charge in [-0.2, -0.15) is 0 Å². The van der Waals surface area contributed by atoms with E-state index in [4.69, 9.17) is 4.74 Å². The number of amides is 1. The Morgan fingerprint density at radius 3 is 2.52 bits per heavy atom. The molecule has 1 saturated carbocycles.